The number of aliphatic carboxylic acids is 1. The number of fused-ring (bicyclic) bond motifs is 2. The number of nitrogens with zero attached hydrogens (tertiary/aromatic N) is 4. The maximum absolute atomic E-state index is 13.0. The van der Waals surface area contributed by atoms with Crippen molar-refractivity contribution < 1.29 is 32.7 Å². The first-order chi connectivity index (χ1) is 17.0. The maximum Gasteiger partial charge on any atom is 0.490 e. The number of rotatable bonds is 4. The molecule has 36 heavy (non-hydrogen) atoms. The summed E-state index contributed by atoms with van der Waals surface area (Å²) in [6, 6.07) is 0.325. The molecule has 2 N–H and O–H groups in total. The van der Waals surface area contributed by atoms with Gasteiger partial charge < -0.3 is 15.3 Å². The van der Waals surface area contributed by atoms with E-state index in [1.54, 1.807) is 0 Å². The van der Waals surface area contributed by atoms with Gasteiger partial charge in [-0.25, -0.2) is 4.79 Å². The van der Waals surface area contributed by atoms with Crippen LogP contribution in [0.4, 0.5) is 13.2 Å². The van der Waals surface area contributed by atoms with E-state index < -0.39 is 12.1 Å². The van der Waals surface area contributed by atoms with Crippen LogP contribution in [0.25, 0.3) is 0 Å². The summed E-state index contributed by atoms with van der Waals surface area (Å²) in [5.41, 5.74) is 3.41. The van der Waals surface area contributed by atoms with E-state index in [4.69, 9.17) is 14.7 Å². The molecule has 3 heterocycles. The van der Waals surface area contributed by atoms with Gasteiger partial charge in [0.1, 0.15) is 6.10 Å². The Bertz CT molecular complexity index is 994. The van der Waals surface area contributed by atoms with Gasteiger partial charge in [-0.05, 0) is 64.0 Å². The number of halogens is 3. The Morgan fingerprint density at radius 2 is 1.83 bits per heavy atom. The molecule has 1 spiro atoms. The highest BCUT2D eigenvalue weighted by molar-refractivity contribution is 6.40. The predicted octanol–water partition coefficient (Wildman–Crippen LogP) is 3.17. The number of likely N-dealkylation sites (tertiary alicyclic amines) is 1. The van der Waals surface area contributed by atoms with Crippen molar-refractivity contribution in [2.45, 2.75) is 83.2 Å². The summed E-state index contributed by atoms with van der Waals surface area (Å²) in [7, 11) is 2.00. The minimum atomic E-state index is -5.08. The average molecular weight is 514 g/mol. The highest BCUT2D eigenvalue weighted by atomic mass is 19.4. The molecular weight excluding hydrogens is 479 g/mol. The number of carbonyl (C=O) groups is 2. The highest BCUT2D eigenvalue weighted by Gasteiger charge is 2.57. The number of hydrogen-bond donors (Lipinski definition) is 2. The van der Waals surface area contributed by atoms with Crippen molar-refractivity contribution in [3.8, 4) is 0 Å². The van der Waals surface area contributed by atoms with E-state index >= 15 is 0 Å². The van der Waals surface area contributed by atoms with E-state index in [-0.39, 0.29) is 23.3 Å². The van der Waals surface area contributed by atoms with Crippen LogP contribution in [0, 0.1) is 18.3 Å². The molecule has 0 radical (unpaired) electrons. The molecule has 0 unspecified atom stereocenters. The van der Waals surface area contributed by atoms with Crippen LogP contribution < -0.4 is 5.32 Å². The van der Waals surface area contributed by atoms with Gasteiger partial charge in [0.15, 0.2) is 5.71 Å². The Morgan fingerprint density at radius 1 is 1.19 bits per heavy atom. The fraction of sp³-hybridized carbons (Fsp3) is 0.750. The summed E-state index contributed by atoms with van der Waals surface area (Å²) >= 11 is 0. The van der Waals surface area contributed by atoms with Crippen molar-refractivity contribution in [2.24, 2.45) is 23.5 Å². The number of carbonyl (C=O) groups excluding carboxylic acids is 1. The zero-order chi connectivity index (χ0) is 26.1. The van der Waals surface area contributed by atoms with Crippen molar-refractivity contribution >= 4 is 17.6 Å². The summed E-state index contributed by atoms with van der Waals surface area (Å²) < 4.78 is 33.7. The Balaban J connectivity index is 0.000000384. The second kappa shape index (κ2) is 10.4. The third-order valence-corrected chi connectivity index (χ3v) is 8.29. The van der Waals surface area contributed by atoms with Crippen LogP contribution >= 0.6 is 0 Å². The average Bonchev–Trinajstić information content (AvgIpc) is 3.60. The van der Waals surface area contributed by atoms with Crippen molar-refractivity contribution in [3.05, 3.63) is 17.5 Å². The number of piperidine rings is 1. The van der Waals surface area contributed by atoms with Crippen LogP contribution in [0.2, 0.25) is 0 Å². The van der Waals surface area contributed by atoms with Crippen LogP contribution in [0.15, 0.2) is 11.4 Å². The molecule has 2 aliphatic heterocycles. The first kappa shape index (κ1) is 26.4. The third-order valence-electron chi connectivity index (χ3n) is 8.29. The molecule has 0 bridgehead atoms. The molecule has 1 aromatic rings. The Hall–Kier alpha value is -2.63. The standard InChI is InChI=1S/C22H33N5O2.C2HF3O2/c1-15-16(13-23-26(15)2)14-27-11-9-22(10-12-27)8-7-18-19(22)20(25-29-18)21(28)24-17-5-3-4-6-17;3-2(4,5)1(6)7/h13,17-19H,3-12,14H2,1-2H3,(H,24,28);(H,6,7)/t18-,19+;/m0./s1. The lowest BCUT2D eigenvalue weighted by molar-refractivity contribution is -0.192. The molecule has 9 nitrogen and oxygen atoms in total. The van der Waals surface area contributed by atoms with E-state index in [2.05, 4.69) is 27.4 Å². The number of oxime groups is 1. The molecule has 5 rings (SSSR count). The third kappa shape index (κ3) is 5.52. The number of amides is 1. The van der Waals surface area contributed by atoms with Crippen molar-refractivity contribution in [1.82, 2.24) is 20.0 Å². The van der Waals surface area contributed by atoms with Crippen molar-refractivity contribution in [2.75, 3.05) is 13.1 Å². The van der Waals surface area contributed by atoms with Gasteiger partial charge in [0.05, 0.1) is 12.1 Å². The van der Waals surface area contributed by atoms with Crippen LogP contribution in [-0.4, -0.2) is 68.8 Å². The van der Waals surface area contributed by atoms with Gasteiger partial charge in [-0.1, -0.05) is 18.0 Å². The molecule has 200 valence electrons. The van der Waals surface area contributed by atoms with Crippen LogP contribution in [0.1, 0.15) is 62.6 Å². The zero-order valence-electron chi connectivity index (χ0n) is 20.7. The molecule has 0 aromatic carbocycles. The smallest absolute Gasteiger partial charge is 0.475 e. The molecule has 1 saturated heterocycles. The second-order valence-electron chi connectivity index (χ2n) is 10.4. The zero-order valence-corrected chi connectivity index (χ0v) is 20.7. The van der Waals surface area contributed by atoms with Crippen LogP contribution in [0.3, 0.4) is 0 Å². The number of alkyl halides is 3. The van der Waals surface area contributed by atoms with E-state index in [0.717, 1.165) is 58.2 Å². The van der Waals surface area contributed by atoms with Crippen molar-refractivity contribution in [3.63, 3.8) is 0 Å². The molecular formula is C24H34F3N5O4. The van der Waals surface area contributed by atoms with Gasteiger partial charge in [0.25, 0.3) is 5.91 Å². The second-order valence-corrected chi connectivity index (χ2v) is 10.4. The largest absolute Gasteiger partial charge is 0.490 e. The number of carboxylic acid groups (broad SMARTS) is 1. The monoisotopic (exact) mass is 513 g/mol. The van der Waals surface area contributed by atoms with Gasteiger partial charge in [-0.15, -0.1) is 0 Å². The van der Waals surface area contributed by atoms with E-state index in [0.29, 0.717) is 11.8 Å². The number of aryl methyl sites for hydroxylation is 1. The number of carboxylic acids is 1. The summed E-state index contributed by atoms with van der Waals surface area (Å²) in [4.78, 5) is 30.2. The van der Waals surface area contributed by atoms with Gasteiger partial charge in [0.2, 0.25) is 0 Å². The minimum Gasteiger partial charge on any atom is -0.475 e. The fourth-order valence-electron chi connectivity index (χ4n) is 6.08. The van der Waals surface area contributed by atoms with E-state index in [1.165, 1.54) is 24.1 Å². The summed E-state index contributed by atoms with van der Waals surface area (Å²) in [6.45, 7) is 5.23. The molecule has 3 fully saturated rings. The molecule has 1 amide bonds. The van der Waals surface area contributed by atoms with Crippen LogP contribution in [0.5, 0.6) is 0 Å². The molecule has 1 aromatic heterocycles. The topological polar surface area (TPSA) is 109 Å². The lowest BCUT2D eigenvalue weighted by Gasteiger charge is -2.42. The molecule has 2 atom stereocenters. The summed E-state index contributed by atoms with van der Waals surface area (Å²) in [5.74, 6) is -2.56. The van der Waals surface area contributed by atoms with E-state index in [9.17, 15) is 18.0 Å². The van der Waals surface area contributed by atoms with Gasteiger partial charge in [-0.3, -0.25) is 14.4 Å². The summed E-state index contributed by atoms with van der Waals surface area (Å²) in [6.07, 6.45) is 6.06. The first-order valence-electron chi connectivity index (χ1n) is 12.5. The van der Waals surface area contributed by atoms with Gasteiger partial charge >= 0.3 is 12.1 Å². The minimum absolute atomic E-state index is 0.0269. The van der Waals surface area contributed by atoms with Crippen LogP contribution in [-0.2, 0) is 28.0 Å². The predicted molar refractivity (Wildman–Crippen MR) is 124 cm³/mol. The SMILES string of the molecule is Cc1c(CN2CCC3(CC[C@@H]4ON=C(C(=O)NC5CCCC5)[C@@H]43)CC2)cnn1C.O=C(O)C(F)(F)F. The Labute approximate surface area is 208 Å². The highest BCUT2D eigenvalue weighted by Crippen LogP contribution is 2.54. The lowest BCUT2D eigenvalue weighted by atomic mass is 9.68. The molecule has 2 aliphatic carbocycles. The lowest BCUT2D eigenvalue weighted by Crippen LogP contribution is -2.48. The Morgan fingerprint density at radius 3 is 2.39 bits per heavy atom. The van der Waals surface area contributed by atoms with Gasteiger partial charge in [0, 0.05) is 30.9 Å². The fourth-order valence-corrected chi connectivity index (χ4v) is 6.08. The van der Waals surface area contributed by atoms with E-state index in [1.807, 2.05) is 17.9 Å². The number of nitrogens with one attached hydrogen (secondary N) is 1. The quantitative estimate of drug-likeness (QED) is 0.640. The number of aromatic nitrogens is 2. The normalized spacial score (nSPS) is 25.6. The summed E-state index contributed by atoms with van der Waals surface area (Å²) in [5, 5.41) is 19.0. The first-order valence-corrected chi connectivity index (χ1v) is 12.5. The Kier molecular flexibility index (Phi) is 7.63. The molecule has 4 aliphatic rings. The molecule has 12 heteroatoms. The maximum atomic E-state index is 13.0. The molecule has 2 saturated carbocycles. The van der Waals surface area contributed by atoms with Gasteiger partial charge in [-0.2, -0.15) is 18.3 Å². The number of hydrogen-bond acceptors (Lipinski definition) is 6. The van der Waals surface area contributed by atoms with Crippen molar-refractivity contribution in [1.29, 1.82) is 0 Å².